The lowest BCUT2D eigenvalue weighted by Gasteiger charge is -2.26. The average Bonchev–Trinajstić information content (AvgIpc) is 2.93. The molecule has 0 unspecified atom stereocenters. The molecule has 5 heteroatoms. The minimum Gasteiger partial charge on any atom is -0.454 e. The number of nitrogens with one attached hydrogen (secondary N) is 1. The molecule has 2 heterocycles. The standard InChI is InChI=1S/C15H18N2O3/c18-15(16-17-8-2-1-3-9-17)7-5-12-4-6-13-14(10-12)20-11-19-13/h4-7,10H,1-3,8-9,11H2,(H,16,18)/b7-5+. The van der Waals surface area contributed by atoms with Gasteiger partial charge in [-0.05, 0) is 36.6 Å². The number of carbonyl (C=O) groups excluding carboxylic acids is 1. The minimum atomic E-state index is -0.0930. The molecule has 0 aromatic heterocycles. The lowest BCUT2D eigenvalue weighted by atomic mass is 10.2. The smallest absolute Gasteiger partial charge is 0.258 e. The second kappa shape index (κ2) is 5.96. The molecule has 106 valence electrons. The largest absolute Gasteiger partial charge is 0.454 e. The van der Waals surface area contributed by atoms with Crippen LogP contribution in [0, 0.1) is 0 Å². The fourth-order valence-electron chi connectivity index (χ4n) is 2.39. The monoisotopic (exact) mass is 274 g/mol. The van der Waals surface area contributed by atoms with Crippen LogP contribution in [0.5, 0.6) is 11.5 Å². The Hall–Kier alpha value is -2.01. The number of piperidine rings is 1. The van der Waals surface area contributed by atoms with E-state index < -0.39 is 0 Å². The molecule has 20 heavy (non-hydrogen) atoms. The molecule has 0 bridgehead atoms. The predicted octanol–water partition coefficient (Wildman–Crippen LogP) is 1.95. The molecule has 5 nitrogen and oxygen atoms in total. The summed E-state index contributed by atoms with van der Waals surface area (Å²) in [7, 11) is 0. The Morgan fingerprint density at radius 3 is 2.80 bits per heavy atom. The molecule has 1 saturated heterocycles. The van der Waals surface area contributed by atoms with E-state index in [1.54, 1.807) is 12.2 Å². The SMILES string of the molecule is O=C(/C=C/c1ccc2c(c1)OCO2)NN1CCCCC1. The Morgan fingerprint density at radius 1 is 1.15 bits per heavy atom. The van der Waals surface area contributed by atoms with Crippen molar-refractivity contribution in [2.75, 3.05) is 19.9 Å². The highest BCUT2D eigenvalue weighted by molar-refractivity contribution is 5.91. The van der Waals surface area contributed by atoms with Gasteiger partial charge in [0.05, 0.1) is 0 Å². The summed E-state index contributed by atoms with van der Waals surface area (Å²) in [5, 5.41) is 1.98. The first-order valence-corrected chi connectivity index (χ1v) is 6.94. The number of hydrazine groups is 1. The molecular formula is C15H18N2O3. The summed E-state index contributed by atoms with van der Waals surface area (Å²) < 4.78 is 10.5. The van der Waals surface area contributed by atoms with Gasteiger partial charge in [-0.25, -0.2) is 5.01 Å². The highest BCUT2D eigenvalue weighted by Crippen LogP contribution is 2.32. The maximum Gasteiger partial charge on any atom is 0.258 e. The number of nitrogens with zero attached hydrogens (tertiary/aromatic N) is 1. The van der Waals surface area contributed by atoms with Gasteiger partial charge in [0.25, 0.3) is 5.91 Å². The van der Waals surface area contributed by atoms with Crippen LogP contribution in [-0.4, -0.2) is 30.8 Å². The van der Waals surface area contributed by atoms with E-state index in [4.69, 9.17) is 9.47 Å². The number of hydrogen-bond donors (Lipinski definition) is 1. The fourth-order valence-corrected chi connectivity index (χ4v) is 2.39. The third-order valence-electron chi connectivity index (χ3n) is 3.45. The Morgan fingerprint density at radius 2 is 1.95 bits per heavy atom. The highest BCUT2D eigenvalue weighted by atomic mass is 16.7. The number of ether oxygens (including phenoxy) is 2. The zero-order valence-corrected chi connectivity index (χ0v) is 11.3. The Kier molecular flexibility index (Phi) is 3.87. The van der Waals surface area contributed by atoms with Crippen LogP contribution in [0.3, 0.4) is 0 Å². The van der Waals surface area contributed by atoms with Crippen molar-refractivity contribution in [1.29, 1.82) is 0 Å². The Labute approximate surface area is 118 Å². The summed E-state index contributed by atoms with van der Waals surface area (Å²) in [5.41, 5.74) is 3.81. The second-order valence-electron chi connectivity index (χ2n) is 4.97. The number of hydrogen-bond acceptors (Lipinski definition) is 4. The minimum absolute atomic E-state index is 0.0930. The van der Waals surface area contributed by atoms with Crippen molar-refractivity contribution in [2.24, 2.45) is 0 Å². The van der Waals surface area contributed by atoms with Crippen LogP contribution in [0.2, 0.25) is 0 Å². The molecule has 1 aromatic carbocycles. The Balaban J connectivity index is 1.57. The van der Waals surface area contributed by atoms with E-state index in [1.807, 2.05) is 23.2 Å². The van der Waals surface area contributed by atoms with Crippen molar-refractivity contribution in [1.82, 2.24) is 10.4 Å². The zero-order chi connectivity index (χ0) is 13.8. The van der Waals surface area contributed by atoms with Crippen LogP contribution in [0.4, 0.5) is 0 Å². The predicted molar refractivity (Wildman–Crippen MR) is 75.2 cm³/mol. The summed E-state index contributed by atoms with van der Waals surface area (Å²) in [6, 6.07) is 5.62. The summed E-state index contributed by atoms with van der Waals surface area (Å²) >= 11 is 0. The van der Waals surface area contributed by atoms with E-state index in [2.05, 4.69) is 5.43 Å². The second-order valence-corrected chi connectivity index (χ2v) is 4.97. The maximum absolute atomic E-state index is 11.8. The van der Waals surface area contributed by atoms with Crippen molar-refractivity contribution in [3.63, 3.8) is 0 Å². The van der Waals surface area contributed by atoms with Gasteiger partial charge in [-0.3, -0.25) is 10.2 Å². The quantitative estimate of drug-likeness (QED) is 0.856. The first-order chi connectivity index (χ1) is 9.81. The molecule has 0 saturated carbocycles. The van der Waals surface area contributed by atoms with Gasteiger partial charge in [0, 0.05) is 19.2 Å². The van der Waals surface area contributed by atoms with Crippen molar-refractivity contribution in [3.05, 3.63) is 29.8 Å². The van der Waals surface area contributed by atoms with Crippen LogP contribution in [0.1, 0.15) is 24.8 Å². The summed E-state index contributed by atoms with van der Waals surface area (Å²) in [6.45, 7) is 2.13. The van der Waals surface area contributed by atoms with Gasteiger partial charge in [-0.2, -0.15) is 0 Å². The van der Waals surface area contributed by atoms with E-state index >= 15 is 0 Å². The van der Waals surface area contributed by atoms with Crippen molar-refractivity contribution in [2.45, 2.75) is 19.3 Å². The molecular weight excluding hydrogens is 256 g/mol. The van der Waals surface area contributed by atoms with E-state index in [0.717, 1.165) is 43.0 Å². The number of fused-ring (bicyclic) bond motifs is 1. The Bertz CT molecular complexity index is 522. The molecule has 0 radical (unpaired) electrons. The van der Waals surface area contributed by atoms with Gasteiger partial charge in [-0.15, -0.1) is 0 Å². The number of rotatable bonds is 3. The third kappa shape index (κ3) is 3.11. The van der Waals surface area contributed by atoms with Crippen molar-refractivity contribution >= 4 is 12.0 Å². The molecule has 0 atom stereocenters. The van der Waals surface area contributed by atoms with E-state index in [1.165, 1.54) is 6.42 Å². The third-order valence-corrected chi connectivity index (χ3v) is 3.45. The van der Waals surface area contributed by atoms with Gasteiger partial charge in [0.1, 0.15) is 0 Å². The van der Waals surface area contributed by atoms with Crippen LogP contribution in [0.15, 0.2) is 24.3 Å². The van der Waals surface area contributed by atoms with Crippen LogP contribution < -0.4 is 14.9 Å². The molecule has 1 fully saturated rings. The van der Waals surface area contributed by atoms with Gasteiger partial charge in [-0.1, -0.05) is 12.5 Å². The lowest BCUT2D eigenvalue weighted by molar-refractivity contribution is -0.121. The number of amides is 1. The molecule has 1 amide bonds. The first-order valence-electron chi connectivity index (χ1n) is 6.94. The maximum atomic E-state index is 11.8. The van der Waals surface area contributed by atoms with E-state index in [0.29, 0.717) is 0 Å². The molecule has 3 rings (SSSR count). The average molecular weight is 274 g/mol. The molecule has 1 aromatic rings. The highest BCUT2D eigenvalue weighted by Gasteiger charge is 2.13. The normalized spacial score (nSPS) is 18.4. The zero-order valence-electron chi connectivity index (χ0n) is 11.3. The van der Waals surface area contributed by atoms with Gasteiger partial charge < -0.3 is 9.47 Å². The van der Waals surface area contributed by atoms with Crippen molar-refractivity contribution < 1.29 is 14.3 Å². The van der Waals surface area contributed by atoms with Gasteiger partial charge in [0.15, 0.2) is 11.5 Å². The van der Waals surface area contributed by atoms with Crippen molar-refractivity contribution in [3.8, 4) is 11.5 Å². The summed E-state index contributed by atoms with van der Waals surface area (Å²) in [6.07, 6.45) is 6.87. The van der Waals surface area contributed by atoms with Crippen LogP contribution >= 0.6 is 0 Å². The molecule has 2 aliphatic rings. The number of benzene rings is 1. The first kappa shape index (κ1) is 13.0. The summed E-state index contributed by atoms with van der Waals surface area (Å²) in [5.74, 6) is 1.38. The lowest BCUT2D eigenvalue weighted by Crippen LogP contribution is -2.44. The molecule has 2 aliphatic heterocycles. The summed E-state index contributed by atoms with van der Waals surface area (Å²) in [4.78, 5) is 11.8. The molecule has 1 N–H and O–H groups in total. The molecule has 0 spiro atoms. The number of carbonyl (C=O) groups is 1. The topological polar surface area (TPSA) is 50.8 Å². The van der Waals surface area contributed by atoms with E-state index in [-0.39, 0.29) is 12.7 Å². The van der Waals surface area contributed by atoms with Gasteiger partial charge >= 0.3 is 0 Å². The van der Waals surface area contributed by atoms with Gasteiger partial charge in [0.2, 0.25) is 6.79 Å². The van der Waals surface area contributed by atoms with Crippen LogP contribution in [-0.2, 0) is 4.79 Å². The molecule has 0 aliphatic carbocycles. The van der Waals surface area contributed by atoms with E-state index in [9.17, 15) is 4.79 Å². The van der Waals surface area contributed by atoms with Crippen LogP contribution in [0.25, 0.3) is 6.08 Å². The fraction of sp³-hybridized carbons (Fsp3) is 0.400.